The molecular weight excluding hydrogens is 705 g/mol. The lowest BCUT2D eigenvalue weighted by atomic mass is 9.84. The van der Waals surface area contributed by atoms with Crippen LogP contribution in [0, 0.1) is 0 Å². The van der Waals surface area contributed by atoms with Crippen LogP contribution in [-0.4, -0.2) is 0 Å². The minimum atomic E-state index is 0.774. The Labute approximate surface area is 334 Å². The minimum Gasteiger partial charge on any atom is -0.452 e. The monoisotopic (exact) mass is 738 g/mol. The standard InChI is InChI=1S/C56H34O2/c1-4-14-35(15-5-1)38-26-31-51-49(32-38)48-30-29-47-43-27-25-40(34-52(43)58-55(47)56(48)57-51)54-45-23-13-12-22-44(45)53(37-18-8-3-9-19-37)46-28-24-39(33-50(46)54)42-21-11-10-20-41(42)36-16-6-2-7-17-36/h1-34H. The van der Waals surface area contributed by atoms with Crippen LogP contribution in [0.5, 0.6) is 0 Å². The van der Waals surface area contributed by atoms with E-state index in [9.17, 15) is 0 Å². The van der Waals surface area contributed by atoms with E-state index in [4.69, 9.17) is 8.83 Å². The molecule has 0 saturated heterocycles. The first-order valence-electron chi connectivity index (χ1n) is 19.8. The van der Waals surface area contributed by atoms with Crippen LogP contribution in [0.2, 0.25) is 0 Å². The molecule has 0 radical (unpaired) electrons. The van der Waals surface area contributed by atoms with Gasteiger partial charge in [0.1, 0.15) is 11.2 Å². The van der Waals surface area contributed by atoms with Crippen molar-refractivity contribution in [2.45, 2.75) is 0 Å². The third-order valence-electron chi connectivity index (χ3n) is 11.9. The van der Waals surface area contributed by atoms with Gasteiger partial charge in [-0.1, -0.05) is 164 Å². The quantitative estimate of drug-likeness (QED) is 0.164. The molecule has 10 aromatic carbocycles. The van der Waals surface area contributed by atoms with E-state index in [-0.39, 0.29) is 0 Å². The van der Waals surface area contributed by atoms with Crippen LogP contribution in [0.15, 0.2) is 215 Å². The number of hydrogen-bond donors (Lipinski definition) is 0. The number of furan rings is 2. The number of benzene rings is 10. The molecule has 0 aliphatic heterocycles. The zero-order valence-electron chi connectivity index (χ0n) is 31.4. The summed E-state index contributed by atoms with van der Waals surface area (Å²) in [6.07, 6.45) is 0. The van der Waals surface area contributed by atoms with Gasteiger partial charge >= 0.3 is 0 Å². The van der Waals surface area contributed by atoms with Crippen LogP contribution < -0.4 is 0 Å². The first-order valence-corrected chi connectivity index (χ1v) is 19.8. The molecule has 2 heteroatoms. The minimum absolute atomic E-state index is 0.774. The van der Waals surface area contributed by atoms with Crippen LogP contribution in [0.1, 0.15) is 0 Å². The summed E-state index contributed by atoms with van der Waals surface area (Å²) in [4.78, 5) is 0. The Morgan fingerprint density at radius 1 is 0.224 bits per heavy atom. The van der Waals surface area contributed by atoms with Crippen molar-refractivity contribution in [2.75, 3.05) is 0 Å². The summed E-state index contributed by atoms with van der Waals surface area (Å²) < 4.78 is 13.4. The summed E-state index contributed by atoms with van der Waals surface area (Å²) in [7, 11) is 0. The van der Waals surface area contributed by atoms with E-state index in [1.54, 1.807) is 0 Å². The Balaban J connectivity index is 1.10. The van der Waals surface area contributed by atoms with E-state index in [2.05, 4.69) is 200 Å². The van der Waals surface area contributed by atoms with Gasteiger partial charge in [-0.2, -0.15) is 0 Å². The molecule has 0 aliphatic carbocycles. The zero-order chi connectivity index (χ0) is 38.2. The van der Waals surface area contributed by atoms with Crippen molar-refractivity contribution >= 4 is 65.4 Å². The molecule has 12 aromatic rings. The Hall–Kier alpha value is -7.68. The molecule has 0 unspecified atom stereocenters. The van der Waals surface area contributed by atoms with Crippen LogP contribution in [-0.2, 0) is 0 Å². The average molecular weight is 739 g/mol. The van der Waals surface area contributed by atoms with E-state index >= 15 is 0 Å². The zero-order valence-corrected chi connectivity index (χ0v) is 31.4. The van der Waals surface area contributed by atoms with Gasteiger partial charge in [-0.05, 0) is 120 Å². The van der Waals surface area contributed by atoms with Crippen molar-refractivity contribution < 1.29 is 8.83 Å². The van der Waals surface area contributed by atoms with E-state index < -0.39 is 0 Å². The van der Waals surface area contributed by atoms with Crippen molar-refractivity contribution in [3.63, 3.8) is 0 Å². The van der Waals surface area contributed by atoms with Gasteiger partial charge in [-0.15, -0.1) is 0 Å². The van der Waals surface area contributed by atoms with Gasteiger partial charge in [0.15, 0.2) is 11.2 Å². The van der Waals surface area contributed by atoms with Crippen molar-refractivity contribution in [2.24, 2.45) is 0 Å². The lowest BCUT2D eigenvalue weighted by molar-refractivity contribution is 0.633. The molecule has 58 heavy (non-hydrogen) atoms. The number of rotatable bonds is 5. The van der Waals surface area contributed by atoms with Gasteiger partial charge in [-0.3, -0.25) is 0 Å². The largest absolute Gasteiger partial charge is 0.452 e. The summed E-state index contributed by atoms with van der Waals surface area (Å²) in [6.45, 7) is 0. The molecule has 0 spiro atoms. The second kappa shape index (κ2) is 12.9. The second-order valence-electron chi connectivity index (χ2n) is 15.1. The van der Waals surface area contributed by atoms with Crippen molar-refractivity contribution in [1.82, 2.24) is 0 Å². The van der Waals surface area contributed by atoms with Gasteiger partial charge in [-0.25, -0.2) is 0 Å². The fraction of sp³-hybridized carbons (Fsp3) is 0. The van der Waals surface area contributed by atoms with Crippen LogP contribution >= 0.6 is 0 Å². The molecule has 0 atom stereocenters. The van der Waals surface area contributed by atoms with Crippen LogP contribution in [0.25, 0.3) is 121 Å². The van der Waals surface area contributed by atoms with Crippen molar-refractivity contribution in [3.8, 4) is 55.6 Å². The SMILES string of the molecule is c1ccc(-c2ccc3oc4c(ccc5c6ccc(-c7c8ccccc8c(-c8ccccc8)c8ccc(-c9ccccc9-c9ccccc9)cc78)cc6oc54)c3c2)cc1. The molecule has 270 valence electrons. The predicted molar refractivity (Wildman–Crippen MR) is 243 cm³/mol. The maximum Gasteiger partial charge on any atom is 0.178 e. The van der Waals surface area contributed by atoms with E-state index in [1.807, 2.05) is 6.07 Å². The highest BCUT2D eigenvalue weighted by atomic mass is 16.4. The summed E-state index contributed by atoms with van der Waals surface area (Å²) in [5.41, 5.74) is 15.1. The van der Waals surface area contributed by atoms with Gasteiger partial charge in [0.05, 0.1) is 0 Å². The van der Waals surface area contributed by atoms with Crippen molar-refractivity contribution in [3.05, 3.63) is 206 Å². The molecule has 12 rings (SSSR count). The van der Waals surface area contributed by atoms with Crippen molar-refractivity contribution in [1.29, 1.82) is 0 Å². The molecule has 2 nitrogen and oxygen atoms in total. The fourth-order valence-electron chi connectivity index (χ4n) is 9.21. The topological polar surface area (TPSA) is 26.3 Å². The molecule has 0 aliphatic rings. The molecule has 2 heterocycles. The van der Waals surface area contributed by atoms with E-state index in [0.29, 0.717) is 0 Å². The summed E-state index contributed by atoms with van der Waals surface area (Å²) in [6, 6.07) is 74.1. The third kappa shape index (κ3) is 5.05. The lowest BCUT2D eigenvalue weighted by Gasteiger charge is -2.19. The van der Waals surface area contributed by atoms with Gasteiger partial charge in [0, 0.05) is 21.5 Å². The molecule has 0 bridgehead atoms. The molecule has 0 saturated carbocycles. The summed E-state index contributed by atoms with van der Waals surface area (Å²) in [5.74, 6) is 0. The predicted octanol–water partition coefficient (Wildman–Crippen LogP) is 16.1. The molecule has 0 amide bonds. The Morgan fingerprint density at radius 3 is 1.40 bits per heavy atom. The smallest absolute Gasteiger partial charge is 0.178 e. The first-order chi connectivity index (χ1) is 28.8. The average Bonchev–Trinajstić information content (AvgIpc) is 3.87. The molecule has 0 fully saturated rings. The molecular formula is C56H34O2. The lowest BCUT2D eigenvalue weighted by Crippen LogP contribution is -1.92. The fourth-order valence-corrected chi connectivity index (χ4v) is 9.21. The van der Waals surface area contributed by atoms with Crippen LogP contribution in [0.4, 0.5) is 0 Å². The van der Waals surface area contributed by atoms with Gasteiger partial charge < -0.3 is 8.83 Å². The summed E-state index contributed by atoms with van der Waals surface area (Å²) in [5, 5.41) is 9.08. The van der Waals surface area contributed by atoms with Gasteiger partial charge in [0.25, 0.3) is 0 Å². The van der Waals surface area contributed by atoms with E-state index in [1.165, 1.54) is 66.1 Å². The molecule has 2 aromatic heterocycles. The number of hydrogen-bond acceptors (Lipinski definition) is 2. The maximum absolute atomic E-state index is 6.85. The van der Waals surface area contributed by atoms with E-state index in [0.717, 1.165) is 55.0 Å². The number of fused-ring (bicyclic) bond motifs is 9. The highest BCUT2D eigenvalue weighted by Gasteiger charge is 2.21. The second-order valence-corrected chi connectivity index (χ2v) is 15.1. The maximum atomic E-state index is 6.85. The Kier molecular flexibility index (Phi) is 7.26. The normalized spacial score (nSPS) is 11.8. The highest BCUT2D eigenvalue weighted by Crippen LogP contribution is 2.47. The Morgan fingerprint density at radius 2 is 0.690 bits per heavy atom. The Bertz CT molecular complexity index is 3540. The summed E-state index contributed by atoms with van der Waals surface area (Å²) >= 11 is 0. The van der Waals surface area contributed by atoms with Gasteiger partial charge in [0.2, 0.25) is 0 Å². The molecule has 0 N–H and O–H groups in total. The third-order valence-corrected chi connectivity index (χ3v) is 11.9. The van der Waals surface area contributed by atoms with Crippen LogP contribution in [0.3, 0.4) is 0 Å². The highest BCUT2D eigenvalue weighted by molar-refractivity contribution is 6.23. The first kappa shape index (κ1) is 32.6.